The normalized spacial score (nSPS) is 10.7. The molecule has 0 spiro atoms. The second kappa shape index (κ2) is 12.9. The quantitative estimate of drug-likeness (QED) is 0.142. The zero-order valence-corrected chi connectivity index (χ0v) is 25.1. The molecular formula is C31H25BrF2N6O4. The van der Waals surface area contributed by atoms with Gasteiger partial charge in [0.15, 0.2) is 23.0 Å². The van der Waals surface area contributed by atoms with Crippen molar-refractivity contribution in [3.05, 3.63) is 95.0 Å². The van der Waals surface area contributed by atoms with E-state index in [1.165, 1.54) is 51.1 Å². The number of halogens is 3. The summed E-state index contributed by atoms with van der Waals surface area (Å²) in [6, 6.07) is 15.6. The summed E-state index contributed by atoms with van der Waals surface area (Å²) in [6.45, 7) is 1.69. The van der Waals surface area contributed by atoms with E-state index in [2.05, 4.69) is 46.5 Å². The number of aromatic hydroxyl groups is 2. The third-order valence-electron chi connectivity index (χ3n) is 6.48. The van der Waals surface area contributed by atoms with Gasteiger partial charge in [-0.1, -0.05) is 15.9 Å². The molecule has 0 saturated heterocycles. The molecule has 4 N–H and O–H groups in total. The van der Waals surface area contributed by atoms with Gasteiger partial charge < -0.3 is 30.3 Å². The minimum absolute atomic E-state index is 0.0114. The molecule has 0 saturated carbocycles. The summed E-state index contributed by atoms with van der Waals surface area (Å²) >= 11 is 3.21. The summed E-state index contributed by atoms with van der Waals surface area (Å²) in [5.41, 5.74) is 2.64. The zero-order chi connectivity index (χ0) is 31.4. The van der Waals surface area contributed by atoms with E-state index in [1.807, 2.05) is 0 Å². The second-order valence-electron chi connectivity index (χ2n) is 9.37. The Morgan fingerprint density at radius 3 is 1.77 bits per heavy atom. The molecule has 0 fully saturated rings. The summed E-state index contributed by atoms with van der Waals surface area (Å²) in [5.74, 6) is 0.921. The van der Waals surface area contributed by atoms with Crippen LogP contribution in [-0.2, 0) is 0 Å². The molecule has 2 heterocycles. The Kier molecular flexibility index (Phi) is 8.86. The maximum absolute atomic E-state index is 13.9. The number of hydrogen-bond donors (Lipinski definition) is 4. The van der Waals surface area contributed by atoms with E-state index in [0.29, 0.717) is 60.7 Å². The highest BCUT2D eigenvalue weighted by molar-refractivity contribution is 9.10. The molecule has 0 atom stereocenters. The number of aryl methyl sites for hydroxylation is 1. The van der Waals surface area contributed by atoms with Gasteiger partial charge in [0.2, 0.25) is 0 Å². The van der Waals surface area contributed by atoms with Crippen LogP contribution >= 0.6 is 15.9 Å². The number of hydrogen-bond acceptors (Lipinski definition) is 10. The van der Waals surface area contributed by atoms with Gasteiger partial charge in [0.05, 0.1) is 30.9 Å². The Bertz CT molecular complexity index is 2000. The standard InChI is InChI=1S/C16H14FN3O2.C15H11BrFN3O2/c1-9-5-10(3-4-12(9)17)20-16-11-6-15(22-2)14(21)7-13(11)18-8-19-16;1-22-14-5-9-12(6-13(14)21)18-7-19-15(9)20-11-3-2-8(16)4-10(11)17/h3-8,21H,1-2H3,(H,18,19,20);2-7,21H,1H3,(H,18,19,20). The van der Waals surface area contributed by atoms with Crippen molar-refractivity contribution in [2.45, 2.75) is 6.92 Å². The first-order valence-corrected chi connectivity index (χ1v) is 13.7. The van der Waals surface area contributed by atoms with Crippen molar-refractivity contribution in [1.82, 2.24) is 19.9 Å². The number of nitrogens with zero attached hydrogens (tertiary/aromatic N) is 4. The van der Waals surface area contributed by atoms with Crippen molar-refractivity contribution in [3.63, 3.8) is 0 Å². The first kappa shape index (κ1) is 30.2. The van der Waals surface area contributed by atoms with Gasteiger partial charge in [-0.05, 0) is 61.0 Å². The fraction of sp³-hybridized carbons (Fsp3) is 0.0968. The van der Waals surface area contributed by atoms with E-state index in [-0.39, 0.29) is 23.0 Å². The average Bonchev–Trinajstić information content (AvgIpc) is 3.00. The number of ether oxygens (including phenoxy) is 2. The molecule has 0 aliphatic heterocycles. The predicted octanol–water partition coefficient (Wildman–Crippen LogP) is 7.52. The van der Waals surface area contributed by atoms with Crippen molar-refractivity contribution in [2.75, 3.05) is 24.9 Å². The number of phenols is 2. The van der Waals surface area contributed by atoms with Gasteiger partial charge in [0.25, 0.3) is 0 Å². The monoisotopic (exact) mass is 662 g/mol. The Labute approximate surface area is 258 Å². The summed E-state index contributed by atoms with van der Waals surface area (Å²) in [5, 5.41) is 27.0. The predicted molar refractivity (Wildman–Crippen MR) is 167 cm³/mol. The molecule has 224 valence electrons. The fourth-order valence-corrected chi connectivity index (χ4v) is 4.58. The van der Waals surface area contributed by atoms with E-state index >= 15 is 0 Å². The molecule has 6 aromatic rings. The van der Waals surface area contributed by atoms with Crippen LogP contribution in [0.3, 0.4) is 0 Å². The molecule has 6 rings (SSSR count). The lowest BCUT2D eigenvalue weighted by Gasteiger charge is -2.11. The first-order chi connectivity index (χ1) is 21.2. The SMILES string of the molecule is COc1cc2c(Nc3ccc(Br)cc3F)ncnc2cc1O.COc1cc2c(Nc3ccc(F)c(C)c3)ncnc2cc1O. The van der Waals surface area contributed by atoms with Gasteiger partial charge in [-0.15, -0.1) is 0 Å². The third kappa shape index (κ3) is 6.52. The largest absolute Gasteiger partial charge is 0.504 e. The number of anilines is 4. The van der Waals surface area contributed by atoms with Crippen LogP contribution in [0, 0.1) is 18.6 Å². The average molecular weight is 663 g/mol. The highest BCUT2D eigenvalue weighted by Gasteiger charge is 2.12. The first-order valence-electron chi connectivity index (χ1n) is 13.0. The van der Waals surface area contributed by atoms with Crippen LogP contribution in [0.15, 0.2) is 77.8 Å². The molecule has 10 nitrogen and oxygen atoms in total. The molecule has 0 bridgehead atoms. The van der Waals surface area contributed by atoms with Crippen molar-refractivity contribution >= 4 is 60.7 Å². The lowest BCUT2D eigenvalue weighted by molar-refractivity contribution is 0.374. The van der Waals surface area contributed by atoms with E-state index in [4.69, 9.17) is 9.47 Å². The van der Waals surface area contributed by atoms with Crippen LogP contribution < -0.4 is 20.1 Å². The fourth-order valence-electron chi connectivity index (χ4n) is 4.25. The van der Waals surface area contributed by atoms with Crippen LogP contribution in [0.5, 0.6) is 23.0 Å². The molecular weight excluding hydrogens is 638 g/mol. The van der Waals surface area contributed by atoms with E-state index in [1.54, 1.807) is 43.3 Å². The van der Waals surface area contributed by atoms with Crippen LogP contribution in [0.2, 0.25) is 0 Å². The van der Waals surface area contributed by atoms with Crippen LogP contribution in [0.4, 0.5) is 31.8 Å². The number of aromatic nitrogens is 4. The second-order valence-corrected chi connectivity index (χ2v) is 10.3. The van der Waals surface area contributed by atoms with Crippen molar-refractivity contribution < 1.29 is 28.5 Å². The lowest BCUT2D eigenvalue weighted by atomic mass is 10.2. The van der Waals surface area contributed by atoms with Gasteiger partial charge in [-0.25, -0.2) is 28.7 Å². The number of fused-ring (bicyclic) bond motifs is 2. The summed E-state index contributed by atoms with van der Waals surface area (Å²) in [6.07, 6.45) is 2.74. The van der Waals surface area contributed by atoms with Crippen molar-refractivity contribution in [2.24, 2.45) is 0 Å². The van der Waals surface area contributed by atoms with E-state index in [9.17, 15) is 19.0 Å². The minimum atomic E-state index is -0.410. The maximum atomic E-state index is 13.9. The third-order valence-corrected chi connectivity index (χ3v) is 6.97. The molecule has 0 aliphatic rings. The Morgan fingerprint density at radius 1 is 0.682 bits per heavy atom. The molecule has 2 aromatic heterocycles. The molecule has 0 unspecified atom stereocenters. The van der Waals surface area contributed by atoms with E-state index < -0.39 is 5.82 Å². The molecule has 44 heavy (non-hydrogen) atoms. The number of rotatable bonds is 6. The summed E-state index contributed by atoms with van der Waals surface area (Å²) < 4.78 is 38.1. The van der Waals surface area contributed by atoms with Gasteiger partial charge >= 0.3 is 0 Å². The van der Waals surface area contributed by atoms with Gasteiger partial charge in [0, 0.05) is 33.1 Å². The van der Waals surface area contributed by atoms with Crippen molar-refractivity contribution in [1.29, 1.82) is 0 Å². The molecule has 13 heteroatoms. The summed E-state index contributed by atoms with van der Waals surface area (Å²) in [4.78, 5) is 16.6. The number of methoxy groups -OCH3 is 2. The molecule has 0 aliphatic carbocycles. The van der Waals surface area contributed by atoms with E-state index in [0.717, 1.165) is 0 Å². The zero-order valence-electron chi connectivity index (χ0n) is 23.6. The minimum Gasteiger partial charge on any atom is -0.504 e. The smallest absolute Gasteiger partial charge is 0.161 e. The Hall–Kier alpha value is -5.30. The lowest BCUT2D eigenvalue weighted by Crippen LogP contribution is -1.98. The maximum Gasteiger partial charge on any atom is 0.161 e. The number of nitrogens with one attached hydrogen (secondary N) is 2. The number of benzene rings is 4. The molecule has 0 radical (unpaired) electrons. The van der Waals surface area contributed by atoms with Crippen LogP contribution in [0.25, 0.3) is 21.8 Å². The van der Waals surface area contributed by atoms with Crippen LogP contribution in [-0.4, -0.2) is 44.4 Å². The summed E-state index contributed by atoms with van der Waals surface area (Å²) in [7, 11) is 2.92. The van der Waals surface area contributed by atoms with Gasteiger partial charge in [-0.3, -0.25) is 0 Å². The van der Waals surface area contributed by atoms with Gasteiger partial charge in [-0.2, -0.15) is 0 Å². The van der Waals surface area contributed by atoms with Gasteiger partial charge in [0.1, 0.15) is 35.9 Å². The Balaban J connectivity index is 0.000000175. The number of phenolic OH excluding ortho intramolecular Hbond substituents is 2. The van der Waals surface area contributed by atoms with Crippen molar-refractivity contribution in [3.8, 4) is 23.0 Å². The van der Waals surface area contributed by atoms with Crippen LogP contribution in [0.1, 0.15) is 5.56 Å². The highest BCUT2D eigenvalue weighted by atomic mass is 79.9. The highest BCUT2D eigenvalue weighted by Crippen LogP contribution is 2.35. The topological polar surface area (TPSA) is 135 Å². The molecule has 0 amide bonds. The molecule has 4 aromatic carbocycles. The Morgan fingerprint density at radius 2 is 1.25 bits per heavy atom.